The molecule has 2 N–H and O–H groups in total. The fourth-order valence-corrected chi connectivity index (χ4v) is 2.36. The van der Waals surface area contributed by atoms with Crippen molar-refractivity contribution in [2.45, 2.75) is 18.8 Å². The lowest BCUT2D eigenvalue weighted by Crippen LogP contribution is -2.29. The number of carbonyl (C=O) groups is 1. The van der Waals surface area contributed by atoms with E-state index in [-0.39, 0.29) is 5.92 Å². The Morgan fingerprint density at radius 1 is 1.50 bits per heavy atom. The molecule has 1 aliphatic heterocycles. The van der Waals surface area contributed by atoms with E-state index >= 15 is 0 Å². The molecular weight excluding hydrogens is 226 g/mol. The van der Waals surface area contributed by atoms with Crippen molar-refractivity contribution in [2.75, 3.05) is 13.1 Å². The maximum atomic E-state index is 11.1. The minimum absolute atomic E-state index is 0.289. The van der Waals surface area contributed by atoms with Gasteiger partial charge in [-0.3, -0.25) is 0 Å². The average Bonchev–Trinajstić information content (AvgIpc) is 2.30. The Morgan fingerprint density at radius 2 is 2.31 bits per heavy atom. The smallest absolute Gasteiger partial charge is 0.336 e. The third-order valence-electron chi connectivity index (χ3n) is 2.98. The van der Waals surface area contributed by atoms with Gasteiger partial charge in [0.15, 0.2) is 0 Å². The number of hydrogen-bond donors (Lipinski definition) is 2. The van der Waals surface area contributed by atoms with E-state index in [9.17, 15) is 4.79 Å². The van der Waals surface area contributed by atoms with Crippen LogP contribution in [0.1, 0.15) is 34.7 Å². The lowest BCUT2D eigenvalue weighted by atomic mass is 9.88. The SMILES string of the molecule is O=C(O)c1cc(Cl)ccc1C1CCCNC1. The highest BCUT2D eigenvalue weighted by Crippen LogP contribution is 2.28. The maximum absolute atomic E-state index is 11.1. The van der Waals surface area contributed by atoms with Gasteiger partial charge in [0.05, 0.1) is 5.56 Å². The number of piperidine rings is 1. The zero-order valence-electron chi connectivity index (χ0n) is 8.87. The normalized spacial score (nSPS) is 20.7. The number of benzene rings is 1. The van der Waals surface area contributed by atoms with Gasteiger partial charge >= 0.3 is 5.97 Å². The van der Waals surface area contributed by atoms with Crippen LogP contribution < -0.4 is 5.32 Å². The molecule has 1 aromatic carbocycles. The van der Waals surface area contributed by atoms with Gasteiger partial charge < -0.3 is 10.4 Å². The second-order valence-electron chi connectivity index (χ2n) is 4.08. The van der Waals surface area contributed by atoms with Crippen LogP contribution in [0.3, 0.4) is 0 Å². The van der Waals surface area contributed by atoms with Gasteiger partial charge in [0.2, 0.25) is 0 Å². The summed E-state index contributed by atoms with van der Waals surface area (Å²) in [5.74, 6) is -0.611. The van der Waals surface area contributed by atoms with Crippen molar-refractivity contribution in [2.24, 2.45) is 0 Å². The summed E-state index contributed by atoms with van der Waals surface area (Å²) in [7, 11) is 0. The van der Waals surface area contributed by atoms with E-state index in [1.165, 1.54) is 6.07 Å². The summed E-state index contributed by atoms with van der Waals surface area (Å²) in [6.45, 7) is 1.87. The van der Waals surface area contributed by atoms with Crippen LogP contribution in [0.15, 0.2) is 18.2 Å². The number of halogens is 1. The lowest BCUT2D eigenvalue weighted by Gasteiger charge is -2.24. The molecule has 2 rings (SSSR count). The Kier molecular flexibility index (Phi) is 3.46. The minimum Gasteiger partial charge on any atom is -0.478 e. The highest BCUT2D eigenvalue weighted by atomic mass is 35.5. The topological polar surface area (TPSA) is 49.3 Å². The number of aromatic carboxylic acids is 1. The summed E-state index contributed by atoms with van der Waals surface area (Å²) < 4.78 is 0. The summed E-state index contributed by atoms with van der Waals surface area (Å²) >= 11 is 5.82. The monoisotopic (exact) mass is 239 g/mol. The van der Waals surface area contributed by atoms with Gasteiger partial charge in [0.1, 0.15) is 0 Å². The predicted octanol–water partition coefficient (Wildman–Crippen LogP) is 2.51. The molecular formula is C12H14ClNO2. The van der Waals surface area contributed by atoms with Crippen molar-refractivity contribution < 1.29 is 9.90 Å². The molecule has 0 amide bonds. The zero-order valence-corrected chi connectivity index (χ0v) is 9.63. The number of rotatable bonds is 2. The molecule has 4 heteroatoms. The molecule has 1 saturated heterocycles. The van der Waals surface area contributed by atoms with E-state index in [1.54, 1.807) is 6.07 Å². The van der Waals surface area contributed by atoms with Gasteiger partial charge in [0, 0.05) is 11.6 Å². The molecule has 16 heavy (non-hydrogen) atoms. The number of carboxylic acid groups (broad SMARTS) is 1. The molecule has 1 unspecified atom stereocenters. The fraction of sp³-hybridized carbons (Fsp3) is 0.417. The van der Waals surface area contributed by atoms with E-state index < -0.39 is 5.97 Å². The van der Waals surface area contributed by atoms with Crippen molar-refractivity contribution in [3.63, 3.8) is 0 Å². The van der Waals surface area contributed by atoms with Gasteiger partial charge in [-0.15, -0.1) is 0 Å². The van der Waals surface area contributed by atoms with Crippen molar-refractivity contribution in [1.29, 1.82) is 0 Å². The molecule has 86 valence electrons. The third kappa shape index (κ3) is 2.36. The molecule has 1 heterocycles. The molecule has 1 aromatic rings. The average molecular weight is 240 g/mol. The first-order chi connectivity index (χ1) is 7.68. The molecule has 1 atom stereocenters. The van der Waals surface area contributed by atoms with Crippen LogP contribution in [-0.4, -0.2) is 24.2 Å². The molecule has 1 aliphatic rings. The van der Waals surface area contributed by atoms with Crippen LogP contribution in [0.2, 0.25) is 5.02 Å². The zero-order chi connectivity index (χ0) is 11.5. The minimum atomic E-state index is -0.900. The summed E-state index contributed by atoms with van der Waals surface area (Å²) in [5.41, 5.74) is 1.23. The summed E-state index contributed by atoms with van der Waals surface area (Å²) in [6.07, 6.45) is 2.13. The second kappa shape index (κ2) is 4.85. The van der Waals surface area contributed by atoms with E-state index in [2.05, 4.69) is 5.32 Å². The van der Waals surface area contributed by atoms with E-state index in [0.29, 0.717) is 10.6 Å². The summed E-state index contributed by atoms with van der Waals surface area (Å²) in [6, 6.07) is 5.13. The van der Waals surface area contributed by atoms with Crippen molar-refractivity contribution in [1.82, 2.24) is 5.32 Å². The summed E-state index contributed by atoms with van der Waals surface area (Å²) in [4.78, 5) is 11.1. The van der Waals surface area contributed by atoms with Crippen molar-refractivity contribution >= 4 is 17.6 Å². The van der Waals surface area contributed by atoms with E-state index in [1.807, 2.05) is 6.07 Å². The number of nitrogens with one attached hydrogen (secondary N) is 1. The first kappa shape index (κ1) is 11.4. The highest BCUT2D eigenvalue weighted by Gasteiger charge is 2.21. The van der Waals surface area contributed by atoms with Gasteiger partial charge in [0.25, 0.3) is 0 Å². The van der Waals surface area contributed by atoms with Gasteiger partial charge in [-0.2, -0.15) is 0 Å². The molecule has 0 aliphatic carbocycles. The first-order valence-electron chi connectivity index (χ1n) is 5.42. The Hall–Kier alpha value is -1.06. The molecule has 0 saturated carbocycles. The van der Waals surface area contributed by atoms with Crippen LogP contribution in [0.25, 0.3) is 0 Å². The molecule has 1 fully saturated rings. The van der Waals surface area contributed by atoms with Gasteiger partial charge in [-0.25, -0.2) is 4.79 Å². The quantitative estimate of drug-likeness (QED) is 0.834. The second-order valence-corrected chi connectivity index (χ2v) is 4.52. The number of carboxylic acids is 1. The van der Waals surface area contributed by atoms with Crippen LogP contribution in [0.5, 0.6) is 0 Å². The Labute approximate surface area is 99.4 Å². The highest BCUT2D eigenvalue weighted by molar-refractivity contribution is 6.31. The largest absolute Gasteiger partial charge is 0.478 e. The van der Waals surface area contributed by atoms with Crippen LogP contribution in [0, 0.1) is 0 Å². The van der Waals surface area contributed by atoms with Crippen LogP contribution in [0.4, 0.5) is 0 Å². The van der Waals surface area contributed by atoms with Gasteiger partial charge in [-0.05, 0) is 43.0 Å². The lowest BCUT2D eigenvalue weighted by molar-refractivity contribution is 0.0695. The maximum Gasteiger partial charge on any atom is 0.336 e. The molecule has 0 radical (unpaired) electrons. The van der Waals surface area contributed by atoms with Gasteiger partial charge in [-0.1, -0.05) is 17.7 Å². The third-order valence-corrected chi connectivity index (χ3v) is 3.22. The molecule has 0 aromatic heterocycles. The molecule has 3 nitrogen and oxygen atoms in total. The standard InChI is InChI=1S/C12H14ClNO2/c13-9-3-4-10(11(6-9)12(15)16)8-2-1-5-14-7-8/h3-4,6,8,14H,1-2,5,7H2,(H,15,16). The molecule has 0 spiro atoms. The Balaban J connectivity index is 2.34. The van der Waals surface area contributed by atoms with Crippen molar-refractivity contribution in [3.05, 3.63) is 34.3 Å². The summed E-state index contributed by atoms with van der Waals surface area (Å²) in [5, 5.41) is 12.9. The number of hydrogen-bond acceptors (Lipinski definition) is 2. The Morgan fingerprint density at radius 3 is 2.94 bits per heavy atom. The van der Waals surface area contributed by atoms with E-state index in [0.717, 1.165) is 31.5 Å². The Bertz CT molecular complexity index is 400. The van der Waals surface area contributed by atoms with E-state index in [4.69, 9.17) is 16.7 Å². The van der Waals surface area contributed by atoms with Crippen LogP contribution in [-0.2, 0) is 0 Å². The fourth-order valence-electron chi connectivity index (χ4n) is 2.19. The van der Waals surface area contributed by atoms with Crippen LogP contribution >= 0.6 is 11.6 Å². The van der Waals surface area contributed by atoms with Crippen molar-refractivity contribution in [3.8, 4) is 0 Å². The first-order valence-corrected chi connectivity index (χ1v) is 5.79. The molecule has 0 bridgehead atoms. The predicted molar refractivity (Wildman–Crippen MR) is 63.3 cm³/mol.